The fourth-order valence-electron chi connectivity index (χ4n) is 3.63. The average Bonchev–Trinajstić information content (AvgIpc) is 3.15. The van der Waals surface area contributed by atoms with Crippen LogP contribution in [0, 0.1) is 0 Å². The molecule has 4 rings (SSSR count). The van der Waals surface area contributed by atoms with Crippen molar-refractivity contribution >= 4 is 17.1 Å². The lowest BCUT2D eigenvalue weighted by Gasteiger charge is -2.15. The Balaban J connectivity index is 1.85. The van der Waals surface area contributed by atoms with Crippen LogP contribution in [0.2, 0.25) is 0 Å². The maximum atomic E-state index is 14.2. The Morgan fingerprint density at radius 2 is 1.88 bits per heavy atom. The maximum absolute atomic E-state index is 14.2. The van der Waals surface area contributed by atoms with Gasteiger partial charge in [0.15, 0.2) is 23.6 Å². The van der Waals surface area contributed by atoms with Gasteiger partial charge in [0.1, 0.15) is 12.2 Å². The van der Waals surface area contributed by atoms with E-state index in [2.05, 4.69) is 9.97 Å². The minimum absolute atomic E-state index is 0.250. The molecule has 0 bridgehead atoms. The number of aliphatic hydroxyl groups excluding tert-OH is 2. The highest BCUT2D eigenvalue weighted by molar-refractivity contribution is 5.72. The number of anilines is 1. The summed E-state index contributed by atoms with van der Waals surface area (Å²) in [6, 6.07) is 3.92. The summed E-state index contributed by atoms with van der Waals surface area (Å²) in [6.07, 6.45) is -11.5. The zero-order chi connectivity index (χ0) is 23.4. The summed E-state index contributed by atoms with van der Waals surface area (Å²) < 4.78 is 59.5. The van der Waals surface area contributed by atoms with E-state index in [0.29, 0.717) is 0 Å². The van der Waals surface area contributed by atoms with Crippen molar-refractivity contribution in [1.82, 2.24) is 19.1 Å². The molecular formula is C18H17F4N5O5. The molecule has 10 nitrogen and oxygen atoms in total. The lowest BCUT2D eigenvalue weighted by Crippen LogP contribution is -2.34. The summed E-state index contributed by atoms with van der Waals surface area (Å²) in [7, 11) is 0. The number of aliphatic hydroxyl groups is 2. The molecule has 32 heavy (non-hydrogen) atoms. The molecule has 1 fully saturated rings. The van der Waals surface area contributed by atoms with Crippen LogP contribution in [-0.2, 0) is 17.5 Å². The number of aromatic amines is 1. The molecule has 14 heteroatoms. The molecule has 5 N–H and O–H groups in total. The van der Waals surface area contributed by atoms with E-state index in [1.165, 1.54) is 0 Å². The fourth-order valence-corrected chi connectivity index (χ4v) is 3.63. The van der Waals surface area contributed by atoms with Gasteiger partial charge in [-0.15, -0.1) is 0 Å². The van der Waals surface area contributed by atoms with E-state index >= 15 is 0 Å². The lowest BCUT2D eigenvalue weighted by molar-refractivity contribution is -0.137. The number of nitrogens with zero attached hydrogens (tertiary/aromatic N) is 3. The monoisotopic (exact) mass is 459 g/mol. The predicted octanol–water partition coefficient (Wildman–Crippen LogP) is 0.124. The molecule has 0 aliphatic carbocycles. The van der Waals surface area contributed by atoms with E-state index in [0.717, 1.165) is 33.4 Å². The number of alkyl halides is 4. The van der Waals surface area contributed by atoms with Crippen LogP contribution >= 0.6 is 0 Å². The Kier molecular flexibility index (Phi) is 5.30. The Bertz CT molecular complexity index is 1270. The first kappa shape index (κ1) is 22.0. The molecule has 0 unspecified atom stereocenters. The smallest absolute Gasteiger partial charge is 0.394 e. The third-order valence-electron chi connectivity index (χ3n) is 5.17. The second-order valence-corrected chi connectivity index (χ2v) is 7.24. The molecule has 0 saturated carbocycles. The summed E-state index contributed by atoms with van der Waals surface area (Å²) in [5.41, 5.74) is 2.51. The van der Waals surface area contributed by atoms with Crippen LogP contribution in [0.5, 0.6) is 0 Å². The molecule has 1 aromatic carbocycles. The van der Waals surface area contributed by atoms with Crippen molar-refractivity contribution in [2.75, 3.05) is 12.3 Å². The van der Waals surface area contributed by atoms with Gasteiger partial charge in [0.25, 0.3) is 5.56 Å². The van der Waals surface area contributed by atoms with Crippen LogP contribution in [0.15, 0.2) is 33.9 Å². The molecule has 1 saturated heterocycles. The number of halogens is 4. The zero-order valence-corrected chi connectivity index (χ0v) is 16.1. The number of hydrogen-bond donors (Lipinski definition) is 4. The van der Waals surface area contributed by atoms with Gasteiger partial charge in [0, 0.05) is 0 Å². The normalized spacial score (nSPS) is 23.8. The number of nitrogens with two attached hydrogens (primary N) is 1. The van der Waals surface area contributed by atoms with E-state index in [4.69, 9.17) is 10.5 Å². The summed E-state index contributed by atoms with van der Waals surface area (Å²) in [6.45, 7) is -1.11. The number of benzene rings is 1. The Hall–Kier alpha value is -3.23. The van der Waals surface area contributed by atoms with Crippen molar-refractivity contribution in [3.05, 3.63) is 56.2 Å². The molecule has 1 aliphatic heterocycles. The summed E-state index contributed by atoms with van der Waals surface area (Å²) in [5.74, 6) is -0.370. The molecule has 3 heterocycles. The Morgan fingerprint density at radius 1 is 1.22 bits per heavy atom. The molecule has 0 amide bonds. The lowest BCUT2D eigenvalue weighted by atomic mass is 10.1. The van der Waals surface area contributed by atoms with E-state index in [1.807, 2.05) is 0 Å². The molecule has 0 radical (unpaired) electrons. The van der Waals surface area contributed by atoms with Gasteiger partial charge in [-0.05, 0) is 17.7 Å². The van der Waals surface area contributed by atoms with Crippen molar-refractivity contribution in [1.29, 1.82) is 0 Å². The third-order valence-corrected chi connectivity index (χ3v) is 5.17. The molecule has 0 spiro atoms. The molecule has 3 aromatic rings. The van der Waals surface area contributed by atoms with Crippen LogP contribution in [0.3, 0.4) is 0 Å². The van der Waals surface area contributed by atoms with Crippen molar-refractivity contribution in [3.8, 4) is 0 Å². The number of nitrogen functional groups attached to an aromatic ring is 1. The van der Waals surface area contributed by atoms with Crippen LogP contribution in [0.1, 0.15) is 17.4 Å². The molecule has 1 aliphatic rings. The van der Waals surface area contributed by atoms with Gasteiger partial charge in [0.05, 0.1) is 18.7 Å². The highest BCUT2D eigenvalue weighted by Crippen LogP contribution is 2.32. The second kappa shape index (κ2) is 7.72. The summed E-state index contributed by atoms with van der Waals surface area (Å²) >= 11 is 0. The quantitative estimate of drug-likeness (QED) is 0.405. The standard InChI is InChI=1S/C18H17F4N5O5/c19-10-9(6-28)32-15(12(10)29)27-13-11(14(30)25-16(23)24-13)26(17(27)31)5-7-1-3-8(4-2-7)18(20,21)22/h1-4,9-10,12,15,28-29H,5-6H2,(H3,23,24,25,30)/t9-,10-,12-,15-/m1/s1. The number of nitrogens with one attached hydrogen (secondary N) is 1. The first-order valence-corrected chi connectivity index (χ1v) is 9.28. The number of aromatic nitrogens is 4. The largest absolute Gasteiger partial charge is 0.416 e. The van der Waals surface area contributed by atoms with E-state index < -0.39 is 54.2 Å². The first-order valence-electron chi connectivity index (χ1n) is 9.28. The topological polar surface area (TPSA) is 148 Å². The Labute approximate surface area is 175 Å². The van der Waals surface area contributed by atoms with Crippen molar-refractivity contribution in [2.24, 2.45) is 0 Å². The van der Waals surface area contributed by atoms with Gasteiger partial charge in [-0.1, -0.05) is 12.1 Å². The van der Waals surface area contributed by atoms with Crippen LogP contribution < -0.4 is 17.0 Å². The number of H-pyrrole nitrogens is 1. The van der Waals surface area contributed by atoms with Gasteiger partial charge in [-0.25, -0.2) is 13.8 Å². The predicted molar refractivity (Wildman–Crippen MR) is 101 cm³/mol. The summed E-state index contributed by atoms with van der Waals surface area (Å²) in [4.78, 5) is 31.8. The zero-order valence-electron chi connectivity index (χ0n) is 16.1. The van der Waals surface area contributed by atoms with Gasteiger partial charge < -0.3 is 20.7 Å². The van der Waals surface area contributed by atoms with E-state index in [-0.39, 0.29) is 29.2 Å². The number of imidazole rings is 1. The molecule has 4 atom stereocenters. The van der Waals surface area contributed by atoms with Crippen LogP contribution in [-0.4, -0.2) is 54.3 Å². The number of fused-ring (bicyclic) bond motifs is 1. The third kappa shape index (κ3) is 3.55. The van der Waals surface area contributed by atoms with Gasteiger partial charge in [-0.3, -0.25) is 14.3 Å². The Morgan fingerprint density at radius 3 is 2.44 bits per heavy atom. The maximum Gasteiger partial charge on any atom is 0.416 e. The number of ether oxygens (including phenoxy) is 1. The number of hydrogen-bond acceptors (Lipinski definition) is 7. The SMILES string of the molecule is Nc1nc2c(c(=O)[nH]1)n(Cc1ccc(C(F)(F)F)cc1)c(=O)n2[C@@H]1O[C@H](CO)[C@@H](F)[C@H]1O. The molecule has 2 aromatic heterocycles. The van der Waals surface area contributed by atoms with E-state index in [1.54, 1.807) is 0 Å². The van der Waals surface area contributed by atoms with Crippen molar-refractivity contribution in [3.63, 3.8) is 0 Å². The fraction of sp³-hybridized carbons (Fsp3) is 0.389. The highest BCUT2D eigenvalue weighted by atomic mass is 19.4. The van der Waals surface area contributed by atoms with Gasteiger partial charge in [0.2, 0.25) is 5.95 Å². The first-order chi connectivity index (χ1) is 15.0. The second-order valence-electron chi connectivity index (χ2n) is 7.24. The van der Waals surface area contributed by atoms with Gasteiger partial charge >= 0.3 is 11.9 Å². The number of rotatable bonds is 4. The van der Waals surface area contributed by atoms with Crippen LogP contribution in [0.25, 0.3) is 11.2 Å². The van der Waals surface area contributed by atoms with Crippen LogP contribution in [0.4, 0.5) is 23.5 Å². The minimum atomic E-state index is -4.55. The van der Waals surface area contributed by atoms with Crippen molar-refractivity contribution < 1.29 is 32.5 Å². The van der Waals surface area contributed by atoms with E-state index in [9.17, 15) is 37.4 Å². The minimum Gasteiger partial charge on any atom is -0.394 e. The molecule has 172 valence electrons. The summed E-state index contributed by atoms with van der Waals surface area (Å²) in [5, 5.41) is 19.4. The van der Waals surface area contributed by atoms with Crippen molar-refractivity contribution in [2.45, 2.75) is 37.3 Å². The van der Waals surface area contributed by atoms with Gasteiger partial charge in [-0.2, -0.15) is 18.2 Å². The highest BCUT2D eigenvalue weighted by Gasteiger charge is 2.46. The molecular weight excluding hydrogens is 442 g/mol. The average molecular weight is 459 g/mol.